The zero-order valence-electron chi connectivity index (χ0n) is 17.1. The minimum atomic E-state index is -3.45. The highest BCUT2D eigenvalue weighted by Gasteiger charge is 2.30. The zero-order valence-corrected chi connectivity index (χ0v) is 18.0. The summed E-state index contributed by atoms with van der Waals surface area (Å²) >= 11 is 0. The molecule has 0 saturated carbocycles. The van der Waals surface area contributed by atoms with Crippen LogP contribution in [-0.2, 0) is 32.4 Å². The van der Waals surface area contributed by atoms with Crippen molar-refractivity contribution < 1.29 is 22.7 Å². The van der Waals surface area contributed by atoms with Crippen molar-refractivity contribution in [3.05, 3.63) is 34.9 Å². The van der Waals surface area contributed by atoms with Crippen LogP contribution in [0.25, 0.3) is 0 Å². The van der Waals surface area contributed by atoms with Gasteiger partial charge >= 0.3 is 0 Å². The number of aryl methyl sites for hydroxylation is 2. The van der Waals surface area contributed by atoms with Gasteiger partial charge in [-0.15, -0.1) is 0 Å². The zero-order chi connectivity index (χ0) is 21.0. The molecule has 0 unspecified atom stereocenters. The number of sulfonamides is 1. The molecule has 1 aliphatic heterocycles. The van der Waals surface area contributed by atoms with Gasteiger partial charge in [-0.1, -0.05) is 12.1 Å². The van der Waals surface area contributed by atoms with Gasteiger partial charge in [0.25, 0.3) is 0 Å². The lowest BCUT2D eigenvalue weighted by Gasteiger charge is -2.34. The summed E-state index contributed by atoms with van der Waals surface area (Å²) in [6.07, 6.45) is 3.09. The number of nitrogens with zero attached hydrogens (tertiary/aromatic N) is 1. The molecular formula is C21H30N2O5S. The van der Waals surface area contributed by atoms with E-state index in [-0.39, 0.29) is 49.0 Å². The minimum Gasteiger partial charge on any atom is -0.373 e. The molecule has 8 heteroatoms. The molecule has 1 saturated heterocycles. The van der Waals surface area contributed by atoms with Crippen molar-refractivity contribution >= 4 is 21.7 Å². The van der Waals surface area contributed by atoms with Crippen LogP contribution in [0.4, 0.5) is 0 Å². The van der Waals surface area contributed by atoms with Gasteiger partial charge in [0.1, 0.15) is 0 Å². The molecule has 0 radical (unpaired) electrons. The maximum atomic E-state index is 12.5. The first-order valence-electron chi connectivity index (χ1n) is 10.3. The number of rotatable bonds is 8. The molecule has 29 heavy (non-hydrogen) atoms. The number of nitrogens with one attached hydrogen (secondary N) is 1. The number of benzene rings is 1. The molecule has 1 aromatic rings. The van der Waals surface area contributed by atoms with Crippen LogP contribution >= 0.6 is 0 Å². The van der Waals surface area contributed by atoms with Gasteiger partial charge in [-0.25, -0.2) is 8.42 Å². The van der Waals surface area contributed by atoms with Crippen LogP contribution in [0.5, 0.6) is 0 Å². The van der Waals surface area contributed by atoms with E-state index in [1.807, 2.05) is 32.0 Å². The lowest BCUT2D eigenvalue weighted by atomic mass is 10.0. The summed E-state index contributed by atoms with van der Waals surface area (Å²) in [5.74, 6) is -0.520. The number of carbonyl (C=O) groups is 2. The van der Waals surface area contributed by atoms with Gasteiger partial charge in [-0.05, 0) is 50.3 Å². The topological polar surface area (TPSA) is 92.8 Å². The maximum absolute atomic E-state index is 12.5. The molecule has 1 N–H and O–H groups in total. The van der Waals surface area contributed by atoms with Gasteiger partial charge in [0.15, 0.2) is 5.78 Å². The Kier molecular flexibility index (Phi) is 7.08. The normalized spacial score (nSPS) is 22.3. The number of amides is 1. The van der Waals surface area contributed by atoms with E-state index in [0.717, 1.165) is 19.3 Å². The maximum Gasteiger partial charge on any atom is 0.220 e. The minimum absolute atomic E-state index is 0.0360. The first-order valence-corrected chi connectivity index (χ1v) is 11.9. The fourth-order valence-electron chi connectivity index (χ4n) is 4.01. The second-order valence-corrected chi connectivity index (χ2v) is 10.1. The van der Waals surface area contributed by atoms with Crippen molar-refractivity contribution in [3.8, 4) is 0 Å². The first kappa shape index (κ1) is 21.9. The average molecular weight is 423 g/mol. The van der Waals surface area contributed by atoms with E-state index < -0.39 is 10.0 Å². The molecule has 0 spiro atoms. The van der Waals surface area contributed by atoms with Crippen molar-refractivity contribution in [2.24, 2.45) is 0 Å². The SMILES string of the molecule is C[C@@H]1CN(S(=O)(=O)CCNC(=O)CCC(=O)c2ccc3c(c2)CCC3)C[C@@H](C)O1. The van der Waals surface area contributed by atoms with Crippen molar-refractivity contribution in [1.29, 1.82) is 0 Å². The predicted octanol–water partition coefficient (Wildman–Crippen LogP) is 1.69. The van der Waals surface area contributed by atoms with Crippen molar-refractivity contribution in [2.75, 3.05) is 25.4 Å². The van der Waals surface area contributed by atoms with Gasteiger partial charge in [0.2, 0.25) is 15.9 Å². The van der Waals surface area contributed by atoms with Gasteiger partial charge in [-0.2, -0.15) is 4.31 Å². The van der Waals surface area contributed by atoms with Crippen LogP contribution in [0.15, 0.2) is 18.2 Å². The summed E-state index contributed by atoms with van der Waals surface area (Å²) < 4.78 is 31.9. The standard InChI is InChI=1S/C21H30N2O5S/c1-15-13-23(14-16(2)28-15)29(26,27)11-10-22-21(25)9-8-20(24)19-7-6-17-4-3-5-18(17)12-19/h6-7,12,15-16H,3-5,8-11,13-14H2,1-2H3,(H,22,25)/t15-,16-/m1/s1. The number of fused-ring (bicyclic) bond motifs is 1. The molecule has 2 atom stereocenters. The second-order valence-electron chi connectivity index (χ2n) is 8.00. The highest BCUT2D eigenvalue weighted by atomic mass is 32.2. The number of Topliss-reactive ketones (excluding diaryl/α,β-unsaturated/α-hetero) is 1. The monoisotopic (exact) mass is 422 g/mol. The Labute approximate surface area is 172 Å². The summed E-state index contributed by atoms with van der Waals surface area (Å²) in [6.45, 7) is 4.38. The molecule has 0 aromatic heterocycles. The number of ether oxygens (including phenoxy) is 1. The Morgan fingerprint density at radius 3 is 2.52 bits per heavy atom. The van der Waals surface area contributed by atoms with E-state index in [4.69, 9.17) is 4.74 Å². The Morgan fingerprint density at radius 1 is 1.10 bits per heavy atom. The smallest absolute Gasteiger partial charge is 0.220 e. The molecule has 2 aliphatic rings. The largest absolute Gasteiger partial charge is 0.373 e. The molecule has 1 aliphatic carbocycles. The number of hydrogen-bond acceptors (Lipinski definition) is 5. The van der Waals surface area contributed by atoms with Crippen molar-refractivity contribution in [3.63, 3.8) is 0 Å². The third kappa shape index (κ3) is 5.87. The molecule has 1 amide bonds. The molecule has 1 heterocycles. The Hall–Kier alpha value is -1.77. The third-order valence-electron chi connectivity index (χ3n) is 5.46. The van der Waals surface area contributed by atoms with Crippen molar-refractivity contribution in [1.82, 2.24) is 9.62 Å². The first-order chi connectivity index (χ1) is 13.7. The molecule has 0 bridgehead atoms. The number of ketones is 1. The van der Waals surface area contributed by atoms with E-state index in [1.165, 1.54) is 15.4 Å². The van der Waals surface area contributed by atoms with Gasteiger partial charge < -0.3 is 10.1 Å². The van der Waals surface area contributed by atoms with E-state index in [9.17, 15) is 18.0 Å². The van der Waals surface area contributed by atoms with Crippen LogP contribution in [0, 0.1) is 0 Å². The van der Waals surface area contributed by atoms with Crippen LogP contribution in [0.2, 0.25) is 0 Å². The highest BCUT2D eigenvalue weighted by Crippen LogP contribution is 2.23. The third-order valence-corrected chi connectivity index (χ3v) is 7.27. The molecule has 3 rings (SSSR count). The van der Waals surface area contributed by atoms with Crippen LogP contribution < -0.4 is 5.32 Å². The summed E-state index contributed by atoms with van der Waals surface area (Å²) in [4.78, 5) is 24.4. The fraction of sp³-hybridized carbons (Fsp3) is 0.619. The van der Waals surface area contributed by atoms with Gasteiger partial charge in [0, 0.05) is 38.0 Å². The quantitative estimate of drug-likeness (QED) is 0.644. The van der Waals surface area contributed by atoms with Gasteiger partial charge in [-0.3, -0.25) is 9.59 Å². The lowest BCUT2D eigenvalue weighted by Crippen LogP contribution is -2.49. The lowest BCUT2D eigenvalue weighted by molar-refractivity contribution is -0.120. The Morgan fingerprint density at radius 2 is 1.79 bits per heavy atom. The van der Waals surface area contributed by atoms with Crippen LogP contribution in [0.3, 0.4) is 0 Å². The van der Waals surface area contributed by atoms with E-state index >= 15 is 0 Å². The second kappa shape index (κ2) is 9.36. The van der Waals surface area contributed by atoms with E-state index in [2.05, 4.69) is 5.32 Å². The van der Waals surface area contributed by atoms with Crippen molar-refractivity contribution in [2.45, 2.75) is 58.2 Å². The molecule has 1 aromatic carbocycles. The molecule has 160 valence electrons. The molecule has 7 nitrogen and oxygen atoms in total. The Bertz CT molecular complexity index is 858. The number of hydrogen-bond donors (Lipinski definition) is 1. The highest BCUT2D eigenvalue weighted by molar-refractivity contribution is 7.89. The van der Waals surface area contributed by atoms with Gasteiger partial charge in [0.05, 0.1) is 18.0 Å². The summed E-state index contributed by atoms with van der Waals surface area (Å²) in [7, 11) is -3.45. The fourth-order valence-corrected chi connectivity index (χ4v) is 5.50. The van der Waals surface area contributed by atoms with E-state index in [1.54, 1.807) is 0 Å². The Balaban J connectivity index is 1.41. The summed E-state index contributed by atoms with van der Waals surface area (Å²) in [6, 6.07) is 5.79. The predicted molar refractivity (Wildman–Crippen MR) is 110 cm³/mol. The summed E-state index contributed by atoms with van der Waals surface area (Å²) in [5.41, 5.74) is 3.19. The molecule has 1 fully saturated rings. The van der Waals surface area contributed by atoms with Crippen LogP contribution in [-0.4, -0.2) is 62.0 Å². The van der Waals surface area contributed by atoms with E-state index in [0.29, 0.717) is 18.7 Å². The number of carbonyl (C=O) groups excluding carboxylic acids is 2. The van der Waals surface area contributed by atoms with Crippen LogP contribution in [0.1, 0.15) is 54.6 Å². The molecular weight excluding hydrogens is 392 g/mol. The summed E-state index contributed by atoms with van der Waals surface area (Å²) in [5, 5.41) is 2.62. The average Bonchev–Trinajstić information content (AvgIpc) is 3.13. The number of morpholine rings is 1.